The summed E-state index contributed by atoms with van der Waals surface area (Å²) in [5.41, 5.74) is 1.87. The molecule has 0 radical (unpaired) electrons. The third-order valence-corrected chi connectivity index (χ3v) is 6.97. The number of carbonyl (C=O) groups excluding carboxylic acids is 1. The predicted molar refractivity (Wildman–Crippen MR) is 158 cm³/mol. The summed E-state index contributed by atoms with van der Waals surface area (Å²) in [6, 6.07) is 15.5. The van der Waals surface area contributed by atoms with Gasteiger partial charge in [-0.15, -0.1) is 0 Å². The molecule has 0 fully saturated rings. The molecule has 8 heteroatoms. The maximum absolute atomic E-state index is 12.9. The van der Waals surface area contributed by atoms with E-state index in [0.717, 1.165) is 32.7 Å². The number of nitrogens with zero attached hydrogens (tertiary/aromatic N) is 1. The monoisotopic (exact) mass is 545 g/mol. The summed E-state index contributed by atoms with van der Waals surface area (Å²) in [5, 5.41) is 3.86. The van der Waals surface area contributed by atoms with Gasteiger partial charge in [0, 0.05) is 25.1 Å². The van der Waals surface area contributed by atoms with Crippen LogP contribution in [0.25, 0.3) is 27.6 Å². The van der Waals surface area contributed by atoms with Gasteiger partial charge in [-0.3, -0.25) is 4.79 Å². The van der Waals surface area contributed by atoms with Crippen LogP contribution in [-0.2, 0) is 11.2 Å². The maximum Gasteiger partial charge on any atom is 0.246 e. The van der Waals surface area contributed by atoms with E-state index >= 15 is 0 Å². The van der Waals surface area contributed by atoms with Gasteiger partial charge in [-0.2, -0.15) is 0 Å². The van der Waals surface area contributed by atoms with Crippen molar-refractivity contribution in [1.82, 2.24) is 4.90 Å². The fourth-order valence-corrected chi connectivity index (χ4v) is 4.80. The lowest BCUT2D eigenvalue weighted by Gasteiger charge is -2.20. The first-order valence-corrected chi connectivity index (χ1v) is 12.8. The Labute approximate surface area is 234 Å². The molecule has 210 valence electrons. The van der Waals surface area contributed by atoms with E-state index in [1.165, 1.54) is 0 Å². The molecule has 0 unspecified atom stereocenters. The van der Waals surface area contributed by atoms with Gasteiger partial charge in [-0.1, -0.05) is 18.2 Å². The number of hydrogen-bond acceptors (Lipinski definition) is 7. The van der Waals surface area contributed by atoms with Gasteiger partial charge in [0.25, 0.3) is 0 Å². The molecule has 4 aromatic carbocycles. The smallest absolute Gasteiger partial charge is 0.246 e. The van der Waals surface area contributed by atoms with E-state index < -0.39 is 0 Å². The third-order valence-electron chi connectivity index (χ3n) is 6.97. The van der Waals surface area contributed by atoms with Crippen LogP contribution >= 0.6 is 0 Å². The lowest BCUT2D eigenvalue weighted by Crippen LogP contribution is -2.27. The highest BCUT2D eigenvalue weighted by Crippen LogP contribution is 2.44. The number of hydrogen-bond donors (Lipinski definition) is 0. The summed E-state index contributed by atoms with van der Waals surface area (Å²) in [5.74, 6) is 3.67. The molecule has 0 aliphatic carbocycles. The van der Waals surface area contributed by atoms with Crippen LogP contribution in [0.5, 0.6) is 34.5 Å². The zero-order valence-corrected chi connectivity index (χ0v) is 24.0. The lowest BCUT2D eigenvalue weighted by molar-refractivity contribution is -0.124. The minimum absolute atomic E-state index is 0.109. The molecule has 0 atom stereocenters. The number of methoxy groups -OCH3 is 6. The van der Waals surface area contributed by atoms with E-state index in [2.05, 4.69) is 12.1 Å². The number of fused-ring (bicyclic) bond motifs is 3. The van der Waals surface area contributed by atoms with Crippen molar-refractivity contribution in [3.05, 3.63) is 65.7 Å². The minimum atomic E-state index is -0.109. The van der Waals surface area contributed by atoms with Crippen molar-refractivity contribution < 1.29 is 33.2 Å². The Bertz CT molecular complexity index is 1560. The summed E-state index contributed by atoms with van der Waals surface area (Å²) in [7, 11) is 11.4. The molecule has 40 heavy (non-hydrogen) atoms. The van der Waals surface area contributed by atoms with Gasteiger partial charge in [-0.05, 0) is 70.1 Å². The molecule has 0 saturated heterocycles. The highest BCUT2D eigenvalue weighted by atomic mass is 16.5. The summed E-state index contributed by atoms with van der Waals surface area (Å²) in [6.45, 7) is 0.504. The first-order chi connectivity index (χ1) is 19.4. The van der Waals surface area contributed by atoms with Crippen molar-refractivity contribution in [3.8, 4) is 34.5 Å². The first-order valence-electron chi connectivity index (χ1n) is 12.8. The van der Waals surface area contributed by atoms with Crippen LogP contribution in [0.1, 0.15) is 11.1 Å². The molecule has 8 nitrogen and oxygen atoms in total. The zero-order valence-electron chi connectivity index (χ0n) is 24.0. The molecule has 0 spiro atoms. The van der Waals surface area contributed by atoms with Gasteiger partial charge in [0.1, 0.15) is 0 Å². The van der Waals surface area contributed by atoms with E-state index in [0.29, 0.717) is 47.5 Å². The van der Waals surface area contributed by atoms with Crippen molar-refractivity contribution in [3.63, 3.8) is 0 Å². The van der Waals surface area contributed by atoms with E-state index in [1.54, 1.807) is 66.8 Å². The van der Waals surface area contributed by atoms with Gasteiger partial charge in [0.2, 0.25) is 5.91 Å². The summed E-state index contributed by atoms with van der Waals surface area (Å²) < 4.78 is 33.3. The second kappa shape index (κ2) is 12.5. The van der Waals surface area contributed by atoms with Crippen LogP contribution < -0.4 is 28.4 Å². The fraction of sp³-hybridized carbons (Fsp3) is 0.281. The van der Waals surface area contributed by atoms with Crippen molar-refractivity contribution >= 4 is 33.5 Å². The minimum Gasteiger partial charge on any atom is -0.493 e. The molecule has 4 rings (SSSR count). The Morgan fingerprint density at radius 2 is 1.35 bits per heavy atom. The predicted octanol–water partition coefficient (Wildman–Crippen LogP) is 5.76. The van der Waals surface area contributed by atoms with Crippen molar-refractivity contribution in [2.45, 2.75) is 6.42 Å². The van der Waals surface area contributed by atoms with Crippen molar-refractivity contribution in [2.24, 2.45) is 0 Å². The quantitative estimate of drug-likeness (QED) is 0.175. The summed E-state index contributed by atoms with van der Waals surface area (Å²) in [4.78, 5) is 14.6. The van der Waals surface area contributed by atoms with E-state index in [9.17, 15) is 4.79 Å². The molecule has 0 bridgehead atoms. The van der Waals surface area contributed by atoms with Crippen LogP contribution in [0.2, 0.25) is 0 Å². The topological polar surface area (TPSA) is 75.7 Å². The standard InChI is InChI=1S/C32H35NO7/c1-33(30(34)13-9-20-8-12-25(35-2)26(16-20)36-3)15-14-22-18-29(39-6)32(40-7)31-23(22)11-10-21-17-27(37-4)28(38-5)19-24(21)31/h8-13,16-19H,14-15H2,1-7H3/b13-9+. The molecule has 4 aromatic rings. The fourth-order valence-electron chi connectivity index (χ4n) is 4.80. The van der Waals surface area contributed by atoms with Gasteiger partial charge in [0.05, 0.1) is 42.7 Å². The Hall–Kier alpha value is -4.59. The number of likely N-dealkylation sites (N-methyl/N-ethyl adjacent to an activating group) is 1. The normalized spacial score (nSPS) is 11.1. The first kappa shape index (κ1) is 28.4. The maximum atomic E-state index is 12.9. The number of ether oxygens (including phenoxy) is 6. The van der Waals surface area contributed by atoms with Gasteiger partial charge >= 0.3 is 0 Å². The number of benzene rings is 4. The van der Waals surface area contributed by atoms with E-state index in [4.69, 9.17) is 28.4 Å². The molecular formula is C32H35NO7. The van der Waals surface area contributed by atoms with Gasteiger partial charge in [-0.25, -0.2) is 0 Å². The van der Waals surface area contributed by atoms with Crippen LogP contribution in [0.3, 0.4) is 0 Å². The molecule has 0 N–H and O–H groups in total. The van der Waals surface area contributed by atoms with Crippen LogP contribution in [0.4, 0.5) is 0 Å². The lowest BCUT2D eigenvalue weighted by atomic mass is 9.95. The Kier molecular flexibility index (Phi) is 8.89. The average molecular weight is 546 g/mol. The molecule has 0 heterocycles. The summed E-state index contributed by atoms with van der Waals surface area (Å²) in [6.07, 6.45) is 3.93. The molecule has 0 saturated carbocycles. The number of rotatable bonds is 11. The molecule has 0 aromatic heterocycles. The van der Waals surface area contributed by atoms with Crippen LogP contribution in [-0.4, -0.2) is 67.1 Å². The largest absolute Gasteiger partial charge is 0.493 e. The Morgan fingerprint density at radius 3 is 2.00 bits per heavy atom. The van der Waals surface area contributed by atoms with E-state index in [-0.39, 0.29) is 5.91 Å². The zero-order chi connectivity index (χ0) is 28.8. The molecule has 0 aliphatic rings. The second-order valence-electron chi connectivity index (χ2n) is 9.15. The van der Waals surface area contributed by atoms with Crippen molar-refractivity contribution in [1.29, 1.82) is 0 Å². The van der Waals surface area contributed by atoms with E-state index in [1.807, 2.05) is 36.4 Å². The van der Waals surface area contributed by atoms with Crippen LogP contribution in [0, 0.1) is 0 Å². The Balaban J connectivity index is 1.64. The van der Waals surface area contributed by atoms with Crippen molar-refractivity contribution in [2.75, 3.05) is 56.3 Å². The SMILES string of the molecule is COc1ccc(/C=C/C(=O)N(C)CCc2cc(OC)c(OC)c3c2ccc2cc(OC)c(OC)cc23)cc1OC. The number of carbonyl (C=O) groups is 1. The number of amides is 1. The second-order valence-corrected chi connectivity index (χ2v) is 9.15. The van der Waals surface area contributed by atoms with Crippen LogP contribution in [0.15, 0.2) is 54.6 Å². The summed E-state index contributed by atoms with van der Waals surface area (Å²) >= 11 is 0. The average Bonchev–Trinajstić information content (AvgIpc) is 3.00. The Morgan fingerprint density at radius 1 is 0.700 bits per heavy atom. The third kappa shape index (κ3) is 5.57. The highest BCUT2D eigenvalue weighted by Gasteiger charge is 2.19. The van der Waals surface area contributed by atoms with Gasteiger partial charge < -0.3 is 33.3 Å². The molecule has 1 amide bonds. The van der Waals surface area contributed by atoms with Gasteiger partial charge in [0.15, 0.2) is 34.5 Å². The molecular weight excluding hydrogens is 510 g/mol. The highest BCUT2D eigenvalue weighted by molar-refractivity contribution is 6.13. The molecule has 0 aliphatic heterocycles.